The Morgan fingerprint density at radius 1 is 0.759 bits per heavy atom. The smallest absolute Gasteiger partial charge is 1.00 e. The summed E-state index contributed by atoms with van der Waals surface area (Å²) in [5.41, 5.74) is 7.60. The van der Waals surface area contributed by atoms with Crippen molar-refractivity contribution < 1.29 is 134 Å². The van der Waals surface area contributed by atoms with Gasteiger partial charge in [0.05, 0.1) is 23.0 Å². The summed E-state index contributed by atoms with van der Waals surface area (Å²) >= 11 is 14.3. The molecule has 21 heteroatoms. The van der Waals surface area contributed by atoms with Gasteiger partial charge in [0.2, 0.25) is 0 Å². The average Bonchev–Trinajstić information content (AvgIpc) is 3.96. The Bertz CT molecular complexity index is 2180. The molecule has 0 atom stereocenters. The molecule has 0 aliphatic rings. The van der Waals surface area contributed by atoms with Crippen LogP contribution in [0, 0.1) is 41.5 Å². The summed E-state index contributed by atoms with van der Waals surface area (Å²) in [6.45, 7) is 14.4. The second kappa shape index (κ2) is 32.3. The first-order chi connectivity index (χ1) is 26.6. The van der Waals surface area contributed by atoms with E-state index in [2.05, 4.69) is 84.0 Å². The number of hydrogen-bond acceptors (Lipinski definition) is 12. The number of hydrogen-bond donors (Lipinski definition) is 1. The summed E-state index contributed by atoms with van der Waals surface area (Å²) in [5.74, 6) is 1.69. The van der Waals surface area contributed by atoms with Crippen LogP contribution in [-0.4, -0.2) is 73.2 Å². The number of pyridine rings is 3. The number of carbonyl (C=O) groups is 4. The minimum atomic E-state index is -0.181. The molecule has 0 saturated heterocycles. The topological polar surface area (TPSA) is 204 Å². The molecule has 15 nitrogen and oxygen atoms in total. The number of ketones is 3. The van der Waals surface area contributed by atoms with Crippen molar-refractivity contribution in [3.63, 3.8) is 0 Å². The molecule has 0 aliphatic carbocycles. The number of H-pyrrole nitrogens is 1. The monoisotopic (exact) mass is 1060 g/mol. The Hall–Kier alpha value is -1.48. The van der Waals surface area contributed by atoms with Crippen LogP contribution in [0.15, 0.2) is 74.4 Å². The van der Waals surface area contributed by atoms with Gasteiger partial charge in [-0.3, -0.25) is 28.3 Å². The van der Waals surface area contributed by atoms with Crippen molar-refractivity contribution in [2.24, 2.45) is 0 Å². The molecule has 0 radical (unpaired) electrons. The van der Waals surface area contributed by atoms with E-state index in [0.29, 0.717) is 27.2 Å². The van der Waals surface area contributed by atoms with Crippen LogP contribution in [0.1, 0.15) is 80.1 Å². The second-order valence-corrected chi connectivity index (χ2v) is 12.4. The number of aryl methyl sites for hydroxylation is 6. The molecule has 58 heavy (non-hydrogen) atoms. The van der Waals surface area contributed by atoms with Crippen LogP contribution in [0.3, 0.4) is 0 Å². The second-order valence-electron chi connectivity index (χ2n) is 11.5. The first-order valence-corrected chi connectivity index (χ1v) is 21.3. The van der Waals surface area contributed by atoms with Crippen molar-refractivity contribution in [2.75, 3.05) is 5.33 Å². The quantitative estimate of drug-likeness (QED) is 0.0463. The summed E-state index contributed by atoms with van der Waals surface area (Å²) in [6.07, 6.45) is 15.4. The van der Waals surface area contributed by atoms with Gasteiger partial charge in [0.15, 0.2) is 17.3 Å². The molecule has 0 bridgehead atoms. The number of rotatable bonds is 7. The first-order valence-electron chi connectivity index (χ1n) is 16.1. The van der Waals surface area contributed by atoms with Crippen LogP contribution in [0.4, 0.5) is 0 Å². The molecule has 6 rings (SSSR count). The Balaban J connectivity index is -0.000000693. The fraction of sp³-hybridized carbons (Fsp3) is 0.243. The van der Waals surface area contributed by atoms with Crippen molar-refractivity contribution in [3.8, 4) is 11.6 Å². The third-order valence-electron chi connectivity index (χ3n) is 6.96. The van der Waals surface area contributed by atoms with Crippen molar-refractivity contribution in [2.45, 2.75) is 55.4 Å². The summed E-state index contributed by atoms with van der Waals surface area (Å²) in [5, 5.41) is 9.20. The SMILES string of the molecule is BrBr.CC(=O)c1cnc(-n2cnc(C)c2)c(C)c1.CC(=O)c1cnc(Cl)c(C)c1.Cc1cn(-c2ncc(C(=O)CBr)cc2C)cn1.Cc1cnc[nH]1.O=CO[O-].[H-].[K+].[K+]. The van der Waals surface area contributed by atoms with E-state index in [9.17, 15) is 14.4 Å². The summed E-state index contributed by atoms with van der Waals surface area (Å²) in [6, 6.07) is 5.43. The summed E-state index contributed by atoms with van der Waals surface area (Å²) in [4.78, 5) is 72.2. The van der Waals surface area contributed by atoms with Gasteiger partial charge in [-0.2, -0.15) is 0 Å². The molecule has 0 saturated carbocycles. The van der Waals surface area contributed by atoms with Crippen LogP contribution in [0.2, 0.25) is 5.15 Å². The zero-order chi connectivity index (χ0) is 42.4. The third kappa shape index (κ3) is 21.4. The van der Waals surface area contributed by atoms with Gasteiger partial charge in [-0.05, 0) is 90.3 Å². The number of alkyl halides is 1. The predicted molar refractivity (Wildman–Crippen MR) is 223 cm³/mol. The largest absolute Gasteiger partial charge is 1.00 e. The van der Waals surface area contributed by atoms with E-state index in [0.717, 1.165) is 45.4 Å². The normalized spacial score (nSPS) is 9.19. The van der Waals surface area contributed by atoms with Crippen LogP contribution in [-0.2, 0) is 9.68 Å². The van der Waals surface area contributed by atoms with Crippen molar-refractivity contribution in [1.82, 2.24) is 44.0 Å². The van der Waals surface area contributed by atoms with Gasteiger partial charge in [-0.1, -0.05) is 27.5 Å². The number of halogens is 4. The van der Waals surface area contributed by atoms with E-state index < -0.39 is 0 Å². The number of Topliss-reactive ketones (excluding diaryl/α,β-unsaturated/α-hetero) is 3. The zero-order valence-electron chi connectivity index (χ0n) is 34.8. The Kier molecular flexibility index (Phi) is 32.6. The van der Waals surface area contributed by atoms with E-state index >= 15 is 0 Å². The molecule has 0 spiro atoms. The van der Waals surface area contributed by atoms with Gasteiger partial charge in [0, 0.05) is 87.8 Å². The van der Waals surface area contributed by atoms with Crippen molar-refractivity contribution in [1.29, 1.82) is 0 Å². The molecule has 0 unspecified atom stereocenters. The van der Waals surface area contributed by atoms with Gasteiger partial charge in [-0.15, -0.1) is 0 Å². The zero-order valence-corrected chi connectivity index (χ0v) is 45.5. The van der Waals surface area contributed by atoms with E-state index in [4.69, 9.17) is 21.7 Å². The Morgan fingerprint density at radius 2 is 1.17 bits per heavy atom. The molecular weight excluding hydrogens is 1020 g/mol. The molecule has 0 aliphatic heterocycles. The summed E-state index contributed by atoms with van der Waals surface area (Å²) < 4.78 is 3.71. The standard InChI is InChI=1S/C12H12BrN3O.C12H13N3O.C8H8ClNO.C4H6N2.CH2O3.Br2.2K.H/c1-8-3-10(11(17)4-13)5-14-12(8)16-6-9(2)15-7-16;1-8-4-11(10(3)16)5-13-12(8)15-6-9(2)14-7-15;1-5-3-7(6(2)11)4-10-8(5)9;1-4-2-5-3-6-4;2-1-4-3;1-2;;;/h3,5-7H,4H2,1-2H3;4-7H,1-3H3;3-4H,1-2H3;2-3H,1H3,(H,5,6);1,3H;;;;/q;;;;;;2*+1;-1/p-1. The Labute approximate surface area is 452 Å². The molecule has 1 N–H and O–H groups in total. The Morgan fingerprint density at radius 3 is 1.47 bits per heavy atom. The minimum absolute atomic E-state index is 0. The molecule has 300 valence electrons. The van der Waals surface area contributed by atoms with Crippen molar-refractivity contribution in [3.05, 3.63) is 130 Å². The van der Waals surface area contributed by atoms with E-state index in [1.807, 2.05) is 75.2 Å². The minimum Gasteiger partial charge on any atom is -1.00 e. The van der Waals surface area contributed by atoms with Gasteiger partial charge in [0.25, 0.3) is 6.47 Å². The fourth-order valence-corrected chi connectivity index (χ4v) is 4.68. The molecule has 0 amide bonds. The number of nitrogens with one attached hydrogen (secondary N) is 1. The van der Waals surface area contributed by atoms with Gasteiger partial charge >= 0.3 is 103 Å². The number of aromatic amines is 1. The van der Waals surface area contributed by atoms with E-state index in [1.54, 1.807) is 43.6 Å². The maximum atomic E-state index is 11.5. The molecule has 6 aromatic rings. The predicted octanol–water partition coefficient (Wildman–Crippen LogP) is 1.76. The van der Waals surface area contributed by atoms with Crippen LogP contribution >= 0.6 is 55.8 Å². The molecular formula is C37H41Br3ClK2N9O6. The van der Waals surface area contributed by atoms with Gasteiger partial charge in [0.1, 0.15) is 29.4 Å². The van der Waals surface area contributed by atoms with Gasteiger partial charge < -0.3 is 16.6 Å². The first kappa shape index (κ1) is 58.6. The maximum absolute atomic E-state index is 11.5. The van der Waals surface area contributed by atoms with Crippen LogP contribution < -0.4 is 108 Å². The fourth-order valence-electron chi connectivity index (χ4n) is 4.25. The number of imidazole rings is 3. The number of carbonyl (C=O) groups excluding carboxylic acids is 4. The molecule has 6 heterocycles. The van der Waals surface area contributed by atoms with E-state index in [1.165, 1.54) is 20.0 Å². The van der Waals surface area contributed by atoms with Crippen LogP contribution in [0.5, 0.6) is 0 Å². The summed E-state index contributed by atoms with van der Waals surface area (Å²) in [7, 11) is 0. The maximum Gasteiger partial charge on any atom is 1.00 e. The number of aromatic nitrogens is 9. The van der Waals surface area contributed by atoms with Gasteiger partial charge in [-0.25, -0.2) is 29.9 Å². The van der Waals surface area contributed by atoms with Crippen molar-refractivity contribution >= 4 is 79.6 Å². The number of nitrogens with zero attached hydrogens (tertiary/aromatic N) is 8. The van der Waals surface area contributed by atoms with E-state index in [-0.39, 0.29) is 128 Å². The third-order valence-corrected chi connectivity index (χ3v) is 7.86. The average molecular weight is 1060 g/mol. The molecule has 0 aromatic carbocycles. The molecule has 6 aromatic heterocycles. The molecule has 0 fully saturated rings. The van der Waals surface area contributed by atoms with Crippen LogP contribution in [0.25, 0.3) is 11.6 Å².